The summed E-state index contributed by atoms with van der Waals surface area (Å²) in [6.45, 7) is 7.74. The third-order valence-corrected chi connectivity index (χ3v) is 10.6. The highest BCUT2D eigenvalue weighted by molar-refractivity contribution is 7.92. The van der Waals surface area contributed by atoms with E-state index in [1.165, 1.54) is 22.4 Å². The summed E-state index contributed by atoms with van der Waals surface area (Å²) >= 11 is 1.49. The Morgan fingerprint density at radius 2 is 1.97 bits per heavy atom. The van der Waals surface area contributed by atoms with Crippen LogP contribution in [0.4, 0.5) is 13.2 Å². The van der Waals surface area contributed by atoms with Crippen molar-refractivity contribution in [2.24, 2.45) is 17.8 Å². The minimum atomic E-state index is -4.08. The maximum absolute atomic E-state index is 13.0. The fourth-order valence-corrected chi connectivity index (χ4v) is 7.70. The average Bonchev–Trinajstić information content (AvgIpc) is 3.40. The quantitative estimate of drug-likeness (QED) is 0.395. The average molecular weight is 557 g/mol. The summed E-state index contributed by atoms with van der Waals surface area (Å²) in [7, 11) is -2.82. The highest BCUT2D eigenvalue weighted by Crippen LogP contribution is 2.46. The minimum Gasteiger partial charge on any atom is -0.346 e. The van der Waals surface area contributed by atoms with Gasteiger partial charge in [-0.3, -0.25) is 14.7 Å². The van der Waals surface area contributed by atoms with Crippen molar-refractivity contribution in [3.05, 3.63) is 45.4 Å². The molecule has 1 aliphatic carbocycles. The van der Waals surface area contributed by atoms with Crippen LogP contribution in [-0.4, -0.2) is 38.5 Å². The number of nitrogens with one attached hydrogen (secondary N) is 2. The molecule has 0 spiro atoms. The SMILES string of the molecule is CCS(=N)(=O)c1ccc(CNC(=O)c2cc3c(s2)C(C(C)C)N(CC2CCC(C(F)(F)F)CC2)C3)nc1. The van der Waals surface area contributed by atoms with Gasteiger partial charge in [-0.15, -0.1) is 11.3 Å². The van der Waals surface area contributed by atoms with Gasteiger partial charge < -0.3 is 5.32 Å². The third-order valence-electron chi connectivity index (χ3n) is 7.55. The highest BCUT2D eigenvalue weighted by atomic mass is 32.2. The smallest absolute Gasteiger partial charge is 0.346 e. The molecule has 2 aromatic rings. The molecule has 1 saturated carbocycles. The number of pyridine rings is 1. The molecular weight excluding hydrogens is 521 g/mol. The molecule has 0 radical (unpaired) electrons. The van der Waals surface area contributed by atoms with Gasteiger partial charge in [0.25, 0.3) is 5.91 Å². The standard InChI is InChI=1S/C26H35F3N4O2S2/c1-4-37(30,35)21-10-9-20(31-13-21)12-32-25(34)22-11-18-15-33(23(16(2)3)24(18)36-22)14-17-5-7-19(8-6-17)26(27,28)29/h9-11,13,16-17,19,23,30H,4-8,12,14-15H2,1-3H3,(H,32,34). The second kappa shape index (κ2) is 11.0. The van der Waals surface area contributed by atoms with Crippen molar-refractivity contribution in [3.63, 3.8) is 0 Å². The number of alkyl halides is 3. The molecule has 4 rings (SSSR count). The number of fused-ring (bicyclic) bond motifs is 1. The first-order valence-electron chi connectivity index (χ1n) is 12.8. The van der Waals surface area contributed by atoms with Gasteiger partial charge in [0.15, 0.2) is 0 Å². The zero-order chi connectivity index (χ0) is 27.0. The van der Waals surface area contributed by atoms with E-state index in [4.69, 9.17) is 4.78 Å². The van der Waals surface area contributed by atoms with Crippen LogP contribution in [0.2, 0.25) is 0 Å². The van der Waals surface area contributed by atoms with Crippen LogP contribution >= 0.6 is 11.3 Å². The van der Waals surface area contributed by atoms with E-state index < -0.39 is 21.8 Å². The lowest BCUT2D eigenvalue weighted by Gasteiger charge is -2.35. The second-order valence-electron chi connectivity index (χ2n) is 10.5. The molecule has 11 heteroatoms. The fraction of sp³-hybridized carbons (Fsp3) is 0.615. The Labute approximate surface area is 221 Å². The van der Waals surface area contributed by atoms with Gasteiger partial charge in [0.2, 0.25) is 0 Å². The number of carbonyl (C=O) groups excluding carboxylic acids is 1. The van der Waals surface area contributed by atoms with Gasteiger partial charge in [-0.25, -0.2) is 8.99 Å². The summed E-state index contributed by atoms with van der Waals surface area (Å²) in [4.78, 5) is 21.7. The summed E-state index contributed by atoms with van der Waals surface area (Å²) in [6.07, 6.45) is -0.979. The number of hydrogen-bond acceptors (Lipinski definition) is 6. The summed E-state index contributed by atoms with van der Waals surface area (Å²) in [6, 6.07) is 5.42. The molecule has 37 heavy (non-hydrogen) atoms. The molecule has 1 fully saturated rings. The first-order valence-corrected chi connectivity index (χ1v) is 15.4. The molecule has 2 aliphatic rings. The van der Waals surface area contributed by atoms with Crippen molar-refractivity contribution in [2.45, 2.75) is 76.7 Å². The first kappa shape index (κ1) is 28.0. The van der Waals surface area contributed by atoms with E-state index in [1.807, 2.05) is 6.07 Å². The van der Waals surface area contributed by atoms with Gasteiger partial charge in [-0.05, 0) is 61.3 Å². The Morgan fingerprint density at radius 3 is 2.54 bits per heavy atom. The molecule has 2 N–H and O–H groups in total. The lowest BCUT2D eigenvalue weighted by molar-refractivity contribution is -0.184. The predicted octanol–water partition coefficient (Wildman–Crippen LogP) is 6.38. The van der Waals surface area contributed by atoms with Crippen molar-refractivity contribution in [1.82, 2.24) is 15.2 Å². The third kappa shape index (κ3) is 6.37. The van der Waals surface area contributed by atoms with E-state index in [0.717, 1.165) is 12.1 Å². The fourth-order valence-electron chi connectivity index (χ4n) is 5.45. The van der Waals surface area contributed by atoms with Gasteiger partial charge in [0.1, 0.15) is 0 Å². The molecule has 0 aromatic carbocycles. The van der Waals surface area contributed by atoms with E-state index in [2.05, 4.69) is 29.0 Å². The van der Waals surface area contributed by atoms with Crippen LogP contribution < -0.4 is 5.32 Å². The van der Waals surface area contributed by atoms with Crippen molar-refractivity contribution in [2.75, 3.05) is 12.3 Å². The van der Waals surface area contributed by atoms with E-state index >= 15 is 0 Å². The number of rotatable bonds is 8. The first-order chi connectivity index (χ1) is 17.4. The Hall–Kier alpha value is -1.98. The highest BCUT2D eigenvalue weighted by Gasteiger charge is 2.42. The van der Waals surface area contributed by atoms with Crippen LogP contribution in [0.1, 0.15) is 78.3 Å². The van der Waals surface area contributed by atoms with Crippen LogP contribution in [0.15, 0.2) is 29.3 Å². The Balaban J connectivity index is 1.36. The van der Waals surface area contributed by atoms with Crippen molar-refractivity contribution >= 4 is 27.0 Å². The summed E-state index contributed by atoms with van der Waals surface area (Å²) in [5.74, 6) is -0.518. The number of hydrogen-bond donors (Lipinski definition) is 2. The Bertz CT molecular complexity index is 1200. The Morgan fingerprint density at radius 1 is 1.27 bits per heavy atom. The van der Waals surface area contributed by atoms with Crippen LogP contribution in [0, 0.1) is 22.5 Å². The molecule has 2 aromatic heterocycles. The molecule has 0 bridgehead atoms. The number of halogens is 3. The maximum Gasteiger partial charge on any atom is 0.391 e. The zero-order valence-corrected chi connectivity index (χ0v) is 23.1. The van der Waals surface area contributed by atoms with Gasteiger partial charge in [0, 0.05) is 36.0 Å². The van der Waals surface area contributed by atoms with Gasteiger partial charge in [-0.1, -0.05) is 20.8 Å². The van der Waals surface area contributed by atoms with Crippen LogP contribution in [0.5, 0.6) is 0 Å². The molecule has 0 saturated heterocycles. The number of amides is 1. The summed E-state index contributed by atoms with van der Waals surface area (Å²) < 4.78 is 59.1. The Kier molecular flexibility index (Phi) is 8.35. The molecule has 6 nitrogen and oxygen atoms in total. The zero-order valence-electron chi connectivity index (χ0n) is 21.4. The maximum atomic E-state index is 13.0. The topological polar surface area (TPSA) is 86.2 Å². The molecule has 2 atom stereocenters. The monoisotopic (exact) mass is 556 g/mol. The normalized spacial score (nSPS) is 24.1. The van der Waals surface area contributed by atoms with Crippen molar-refractivity contribution < 1.29 is 22.2 Å². The van der Waals surface area contributed by atoms with E-state index in [9.17, 15) is 22.2 Å². The van der Waals surface area contributed by atoms with Gasteiger partial charge in [-0.2, -0.15) is 13.2 Å². The lowest BCUT2D eigenvalue weighted by Crippen LogP contribution is -2.35. The molecule has 2 unspecified atom stereocenters. The van der Waals surface area contributed by atoms with E-state index in [-0.39, 0.29) is 43.0 Å². The van der Waals surface area contributed by atoms with Crippen LogP contribution in [0.25, 0.3) is 0 Å². The number of aromatic nitrogens is 1. The van der Waals surface area contributed by atoms with E-state index in [0.29, 0.717) is 40.8 Å². The van der Waals surface area contributed by atoms with E-state index in [1.54, 1.807) is 19.1 Å². The number of thiophene rings is 1. The molecule has 1 aliphatic heterocycles. The van der Waals surface area contributed by atoms with Crippen LogP contribution in [-0.2, 0) is 22.8 Å². The lowest BCUT2D eigenvalue weighted by atomic mass is 9.81. The van der Waals surface area contributed by atoms with Gasteiger partial charge >= 0.3 is 6.18 Å². The largest absolute Gasteiger partial charge is 0.391 e. The summed E-state index contributed by atoms with van der Waals surface area (Å²) in [5.41, 5.74) is 1.75. The summed E-state index contributed by atoms with van der Waals surface area (Å²) in [5, 5.41) is 2.90. The second-order valence-corrected chi connectivity index (χ2v) is 14.0. The van der Waals surface area contributed by atoms with Crippen molar-refractivity contribution in [3.8, 4) is 0 Å². The minimum absolute atomic E-state index is 0.161. The number of carbonyl (C=O) groups is 1. The molecule has 204 valence electrons. The molecule has 3 heterocycles. The predicted molar refractivity (Wildman–Crippen MR) is 139 cm³/mol. The van der Waals surface area contributed by atoms with Crippen LogP contribution in [0.3, 0.4) is 0 Å². The van der Waals surface area contributed by atoms with Gasteiger partial charge in [0.05, 0.1) is 37.7 Å². The number of nitrogens with zero attached hydrogens (tertiary/aromatic N) is 2. The molecule has 1 amide bonds. The molecular formula is C26H35F3N4O2S2. The van der Waals surface area contributed by atoms with Crippen molar-refractivity contribution in [1.29, 1.82) is 4.78 Å².